The van der Waals surface area contributed by atoms with Gasteiger partial charge in [-0.2, -0.15) is 0 Å². The molecular formula is C20H27NO2. The van der Waals surface area contributed by atoms with Crippen molar-refractivity contribution in [3.8, 4) is 0 Å². The first-order chi connectivity index (χ1) is 10.9. The van der Waals surface area contributed by atoms with E-state index >= 15 is 0 Å². The van der Waals surface area contributed by atoms with Gasteiger partial charge in [0.05, 0.1) is 12.5 Å². The molecule has 1 aromatic rings. The summed E-state index contributed by atoms with van der Waals surface area (Å²) in [5, 5.41) is 3.62. The zero-order valence-corrected chi connectivity index (χ0v) is 14.5. The van der Waals surface area contributed by atoms with Gasteiger partial charge in [-0.3, -0.25) is 4.79 Å². The summed E-state index contributed by atoms with van der Waals surface area (Å²) in [5.74, 6) is -0.205. The highest BCUT2D eigenvalue weighted by Gasteiger charge is 2.39. The van der Waals surface area contributed by atoms with Crippen LogP contribution in [0.25, 0.3) is 0 Å². The summed E-state index contributed by atoms with van der Waals surface area (Å²) in [5.41, 5.74) is 0.510. The molecule has 1 aliphatic carbocycles. The highest BCUT2D eigenvalue weighted by atomic mass is 16.5. The predicted octanol–water partition coefficient (Wildman–Crippen LogP) is 4.04. The van der Waals surface area contributed by atoms with Crippen LogP contribution in [0.3, 0.4) is 0 Å². The fourth-order valence-corrected chi connectivity index (χ4v) is 3.05. The molecule has 0 fully saturated rings. The Bertz CT molecular complexity index is 589. The second kappa shape index (κ2) is 7.14. The summed E-state index contributed by atoms with van der Waals surface area (Å²) in [6.07, 6.45) is 9.58. The summed E-state index contributed by atoms with van der Waals surface area (Å²) >= 11 is 0. The fourth-order valence-electron chi connectivity index (χ4n) is 3.05. The third-order valence-electron chi connectivity index (χ3n) is 4.61. The van der Waals surface area contributed by atoms with Gasteiger partial charge in [-0.1, -0.05) is 61.6 Å². The van der Waals surface area contributed by atoms with Crippen molar-refractivity contribution in [1.82, 2.24) is 5.32 Å². The van der Waals surface area contributed by atoms with Crippen LogP contribution in [-0.2, 0) is 9.53 Å². The number of hydrogen-bond acceptors (Lipinski definition) is 3. The van der Waals surface area contributed by atoms with E-state index in [2.05, 4.69) is 48.7 Å². The monoisotopic (exact) mass is 313 g/mol. The molecular weight excluding hydrogens is 286 g/mol. The highest BCUT2D eigenvalue weighted by molar-refractivity contribution is 5.77. The quantitative estimate of drug-likeness (QED) is 0.806. The molecule has 23 heavy (non-hydrogen) atoms. The molecule has 1 aliphatic rings. The second-order valence-electron chi connectivity index (χ2n) is 7.08. The maximum Gasteiger partial charge on any atom is 0.313 e. The van der Waals surface area contributed by atoms with Gasteiger partial charge in [-0.25, -0.2) is 0 Å². The Balaban J connectivity index is 2.22. The van der Waals surface area contributed by atoms with Gasteiger partial charge in [0.1, 0.15) is 0 Å². The van der Waals surface area contributed by atoms with E-state index in [1.807, 2.05) is 32.0 Å². The second-order valence-corrected chi connectivity index (χ2v) is 7.08. The van der Waals surface area contributed by atoms with Crippen molar-refractivity contribution in [2.45, 2.75) is 33.2 Å². The summed E-state index contributed by atoms with van der Waals surface area (Å²) in [6.45, 7) is 6.89. The van der Waals surface area contributed by atoms with Crippen molar-refractivity contribution < 1.29 is 9.53 Å². The fraction of sp³-hybridized carbons (Fsp3) is 0.450. The third-order valence-corrected chi connectivity index (χ3v) is 4.61. The smallest absolute Gasteiger partial charge is 0.313 e. The zero-order valence-electron chi connectivity index (χ0n) is 14.5. The summed E-state index contributed by atoms with van der Waals surface area (Å²) in [7, 11) is 1.45. The standard InChI is InChI=1S/C20H27NO2/c1-19(2,18(22)23-4)17(16-11-7-5-8-12-16)21-15-20(3)13-9-6-10-14-20/h5-13,17,21H,14-15H2,1-4H3/t17-,20-/m1/s1. The van der Waals surface area contributed by atoms with Crippen LogP contribution in [0, 0.1) is 10.8 Å². The van der Waals surface area contributed by atoms with Crippen molar-refractivity contribution in [2.75, 3.05) is 13.7 Å². The Morgan fingerprint density at radius 1 is 1.30 bits per heavy atom. The maximum atomic E-state index is 12.3. The molecule has 124 valence electrons. The van der Waals surface area contributed by atoms with E-state index < -0.39 is 5.41 Å². The first-order valence-electron chi connectivity index (χ1n) is 8.10. The van der Waals surface area contributed by atoms with E-state index in [-0.39, 0.29) is 17.4 Å². The number of nitrogens with one attached hydrogen (secondary N) is 1. The molecule has 3 heteroatoms. The number of ether oxygens (including phenoxy) is 1. The van der Waals surface area contributed by atoms with Gasteiger partial charge in [0.15, 0.2) is 0 Å². The van der Waals surface area contributed by atoms with Crippen LogP contribution in [0.4, 0.5) is 0 Å². The van der Waals surface area contributed by atoms with E-state index in [9.17, 15) is 4.79 Å². The van der Waals surface area contributed by atoms with Crippen molar-refractivity contribution in [3.63, 3.8) is 0 Å². The zero-order chi connectivity index (χ0) is 16.9. The SMILES string of the molecule is COC(=O)C(C)(C)[C@H](NC[C@]1(C)C=CC=CC1)c1ccccc1. The minimum absolute atomic E-state index is 0.0635. The first-order valence-corrected chi connectivity index (χ1v) is 8.10. The van der Waals surface area contributed by atoms with Crippen LogP contribution < -0.4 is 5.32 Å². The Morgan fingerprint density at radius 2 is 2.00 bits per heavy atom. The molecule has 0 heterocycles. The Labute approximate surface area is 139 Å². The van der Waals surface area contributed by atoms with Gasteiger partial charge in [-0.15, -0.1) is 0 Å². The maximum absolute atomic E-state index is 12.3. The third kappa shape index (κ3) is 4.11. The lowest BCUT2D eigenvalue weighted by Crippen LogP contribution is -2.44. The molecule has 2 atom stereocenters. The predicted molar refractivity (Wildman–Crippen MR) is 94.0 cm³/mol. The molecule has 1 aromatic carbocycles. The molecule has 3 nitrogen and oxygen atoms in total. The molecule has 0 radical (unpaired) electrons. The molecule has 0 saturated heterocycles. The normalized spacial score (nSPS) is 21.9. The van der Waals surface area contributed by atoms with E-state index in [1.165, 1.54) is 7.11 Å². The van der Waals surface area contributed by atoms with E-state index in [1.54, 1.807) is 0 Å². The Morgan fingerprint density at radius 3 is 2.57 bits per heavy atom. The highest BCUT2D eigenvalue weighted by Crippen LogP contribution is 2.36. The number of allylic oxidation sites excluding steroid dienone is 3. The minimum Gasteiger partial charge on any atom is -0.469 e. The largest absolute Gasteiger partial charge is 0.469 e. The molecule has 0 unspecified atom stereocenters. The molecule has 0 aliphatic heterocycles. The molecule has 2 rings (SSSR count). The van der Waals surface area contributed by atoms with Crippen LogP contribution in [-0.4, -0.2) is 19.6 Å². The van der Waals surface area contributed by atoms with E-state index in [0.717, 1.165) is 18.5 Å². The van der Waals surface area contributed by atoms with Crippen LogP contribution >= 0.6 is 0 Å². The molecule has 0 spiro atoms. The lowest BCUT2D eigenvalue weighted by Gasteiger charge is -2.36. The summed E-state index contributed by atoms with van der Waals surface area (Å²) in [4.78, 5) is 12.3. The van der Waals surface area contributed by atoms with Gasteiger partial charge in [0, 0.05) is 18.0 Å². The first kappa shape index (κ1) is 17.5. The Kier molecular flexibility index (Phi) is 5.42. The van der Waals surface area contributed by atoms with Crippen LogP contribution in [0.15, 0.2) is 54.6 Å². The van der Waals surface area contributed by atoms with Crippen LogP contribution in [0.2, 0.25) is 0 Å². The van der Waals surface area contributed by atoms with E-state index in [0.29, 0.717) is 0 Å². The van der Waals surface area contributed by atoms with Crippen LogP contribution in [0.5, 0.6) is 0 Å². The molecule has 1 N–H and O–H groups in total. The average Bonchev–Trinajstić information content (AvgIpc) is 2.55. The van der Waals surface area contributed by atoms with E-state index in [4.69, 9.17) is 4.74 Å². The lowest BCUT2D eigenvalue weighted by atomic mass is 9.78. The lowest BCUT2D eigenvalue weighted by molar-refractivity contribution is -0.152. The number of benzene rings is 1. The minimum atomic E-state index is -0.652. The van der Waals surface area contributed by atoms with Gasteiger partial charge in [0.25, 0.3) is 0 Å². The van der Waals surface area contributed by atoms with Gasteiger partial charge in [0.2, 0.25) is 0 Å². The van der Waals surface area contributed by atoms with Crippen LogP contribution in [0.1, 0.15) is 38.8 Å². The number of carbonyl (C=O) groups excluding carboxylic acids is 1. The number of rotatable bonds is 6. The van der Waals surface area contributed by atoms with Gasteiger partial charge < -0.3 is 10.1 Å². The number of methoxy groups -OCH3 is 1. The summed E-state index contributed by atoms with van der Waals surface area (Å²) < 4.78 is 5.03. The summed E-state index contributed by atoms with van der Waals surface area (Å²) in [6, 6.07) is 10.0. The average molecular weight is 313 g/mol. The molecule has 0 aromatic heterocycles. The number of esters is 1. The molecule has 0 amide bonds. The number of hydrogen-bond donors (Lipinski definition) is 1. The van der Waals surface area contributed by atoms with Crippen molar-refractivity contribution in [2.24, 2.45) is 10.8 Å². The van der Waals surface area contributed by atoms with Gasteiger partial charge in [-0.05, 0) is 25.8 Å². The molecule has 0 saturated carbocycles. The van der Waals surface area contributed by atoms with Crippen molar-refractivity contribution >= 4 is 5.97 Å². The van der Waals surface area contributed by atoms with Crippen molar-refractivity contribution in [3.05, 3.63) is 60.2 Å². The molecule has 0 bridgehead atoms. The van der Waals surface area contributed by atoms with Gasteiger partial charge >= 0.3 is 5.97 Å². The van der Waals surface area contributed by atoms with Crippen molar-refractivity contribution in [1.29, 1.82) is 0 Å². The number of carbonyl (C=O) groups is 1. The Hall–Kier alpha value is -1.87. The topological polar surface area (TPSA) is 38.3 Å².